The molecule has 0 radical (unpaired) electrons. The zero-order chi connectivity index (χ0) is 10.8. The van der Waals surface area contributed by atoms with Crippen molar-refractivity contribution in [1.82, 2.24) is 4.90 Å². The zero-order valence-electron chi connectivity index (χ0n) is 8.86. The van der Waals surface area contributed by atoms with Crippen molar-refractivity contribution in [3.05, 3.63) is 24.1 Å². The molecule has 0 aromatic rings. The van der Waals surface area contributed by atoms with Crippen LogP contribution in [0.2, 0.25) is 0 Å². The maximum Gasteiger partial charge on any atom is 0.230 e. The molecule has 0 spiro atoms. The van der Waals surface area contributed by atoms with Crippen LogP contribution in [0.5, 0.6) is 0 Å². The van der Waals surface area contributed by atoms with Gasteiger partial charge in [-0.1, -0.05) is 6.58 Å². The Kier molecular flexibility index (Phi) is 3.05. The largest absolute Gasteiger partial charge is 0.499 e. The van der Waals surface area contributed by atoms with Gasteiger partial charge >= 0.3 is 0 Å². The first-order valence-electron chi connectivity index (χ1n) is 5.13. The molecule has 0 saturated carbocycles. The minimum Gasteiger partial charge on any atom is -0.499 e. The van der Waals surface area contributed by atoms with E-state index in [1.165, 1.54) is 5.57 Å². The molecule has 0 aromatic heterocycles. The van der Waals surface area contributed by atoms with Crippen molar-refractivity contribution in [2.75, 3.05) is 12.4 Å². The third-order valence-corrected chi connectivity index (χ3v) is 3.82. The zero-order valence-corrected chi connectivity index (χ0v) is 9.68. The van der Waals surface area contributed by atoms with Gasteiger partial charge in [0.2, 0.25) is 5.91 Å². The third-order valence-electron chi connectivity index (χ3n) is 2.50. The van der Waals surface area contributed by atoms with Gasteiger partial charge in [0.25, 0.3) is 0 Å². The van der Waals surface area contributed by atoms with Crippen molar-refractivity contribution in [3.8, 4) is 0 Å². The Morgan fingerprint density at radius 1 is 1.80 bits per heavy atom. The number of fused-ring (bicyclic) bond motifs is 1. The molecule has 0 aliphatic carbocycles. The summed E-state index contributed by atoms with van der Waals surface area (Å²) in [6, 6.07) is 0. The molecule has 4 heteroatoms. The molecule has 82 valence electrons. The molecule has 15 heavy (non-hydrogen) atoms. The summed E-state index contributed by atoms with van der Waals surface area (Å²) < 4.78 is 5.30. The molecule has 2 aliphatic heterocycles. The molecule has 0 bridgehead atoms. The lowest BCUT2D eigenvalue weighted by Gasteiger charge is -2.41. The van der Waals surface area contributed by atoms with E-state index in [2.05, 4.69) is 6.58 Å². The van der Waals surface area contributed by atoms with Gasteiger partial charge in [0, 0.05) is 18.4 Å². The van der Waals surface area contributed by atoms with Crippen LogP contribution in [0.25, 0.3) is 0 Å². The van der Waals surface area contributed by atoms with Crippen molar-refractivity contribution >= 4 is 17.7 Å². The molecule has 1 saturated heterocycles. The van der Waals surface area contributed by atoms with E-state index >= 15 is 0 Å². The highest BCUT2D eigenvalue weighted by atomic mass is 32.2. The molecule has 1 amide bonds. The molecule has 0 aromatic carbocycles. The number of ether oxygens (including phenoxy) is 1. The van der Waals surface area contributed by atoms with E-state index in [0.717, 1.165) is 17.9 Å². The maximum absolute atomic E-state index is 11.2. The van der Waals surface area contributed by atoms with Crippen LogP contribution in [0.3, 0.4) is 0 Å². The second-order valence-corrected chi connectivity index (χ2v) is 4.87. The van der Waals surface area contributed by atoms with Crippen molar-refractivity contribution in [2.24, 2.45) is 0 Å². The molecule has 2 rings (SSSR count). The van der Waals surface area contributed by atoms with Crippen LogP contribution in [0.15, 0.2) is 24.1 Å². The Balaban J connectivity index is 1.93. The average molecular weight is 225 g/mol. The number of carbonyl (C=O) groups is 1. The van der Waals surface area contributed by atoms with Crippen LogP contribution < -0.4 is 0 Å². The maximum atomic E-state index is 11.2. The summed E-state index contributed by atoms with van der Waals surface area (Å²) in [5, 5.41) is 0.390. The van der Waals surface area contributed by atoms with Gasteiger partial charge in [-0.2, -0.15) is 0 Å². The van der Waals surface area contributed by atoms with Gasteiger partial charge in [0.15, 0.2) is 0 Å². The fourth-order valence-corrected chi connectivity index (χ4v) is 2.92. The lowest BCUT2D eigenvalue weighted by molar-refractivity contribution is -0.137. The van der Waals surface area contributed by atoms with E-state index in [1.54, 1.807) is 0 Å². The number of β-lactam (4-membered cyclic amide) rings is 1. The van der Waals surface area contributed by atoms with Gasteiger partial charge in [-0.3, -0.25) is 4.79 Å². The highest BCUT2D eigenvalue weighted by molar-refractivity contribution is 8.00. The number of amides is 1. The second kappa shape index (κ2) is 4.31. The Hall–Kier alpha value is -0.900. The van der Waals surface area contributed by atoms with Crippen molar-refractivity contribution in [3.63, 3.8) is 0 Å². The Labute approximate surface area is 94.2 Å². The molecular formula is C11H15NO2S. The highest BCUT2D eigenvalue weighted by Gasteiger charge is 2.37. The number of hydrogen-bond donors (Lipinski definition) is 0. The highest BCUT2D eigenvalue weighted by Crippen LogP contribution is 2.36. The number of hydrogen-bond acceptors (Lipinski definition) is 3. The summed E-state index contributed by atoms with van der Waals surface area (Å²) in [5.74, 6) is 2.00. The summed E-state index contributed by atoms with van der Waals surface area (Å²) in [6.45, 7) is 6.45. The summed E-state index contributed by atoms with van der Waals surface area (Å²) in [7, 11) is 0. The molecule has 1 atom stereocenters. The van der Waals surface area contributed by atoms with E-state index in [4.69, 9.17) is 4.74 Å². The second-order valence-electron chi connectivity index (χ2n) is 3.71. The van der Waals surface area contributed by atoms with Gasteiger partial charge in [-0.25, -0.2) is 0 Å². The van der Waals surface area contributed by atoms with Crippen LogP contribution in [0, 0.1) is 0 Å². The fraction of sp³-hybridized carbons (Fsp3) is 0.545. The quantitative estimate of drug-likeness (QED) is 0.542. The van der Waals surface area contributed by atoms with E-state index in [-0.39, 0.29) is 5.91 Å². The first-order chi connectivity index (χ1) is 7.20. The van der Waals surface area contributed by atoms with Gasteiger partial charge in [-0.15, -0.1) is 11.8 Å². The molecular weight excluding hydrogens is 210 g/mol. The number of allylic oxidation sites excluding steroid dienone is 1. The van der Waals surface area contributed by atoms with E-state index in [1.807, 2.05) is 29.8 Å². The van der Waals surface area contributed by atoms with Crippen molar-refractivity contribution in [2.45, 2.75) is 25.1 Å². The number of nitrogens with zero attached hydrogens (tertiary/aromatic N) is 1. The minimum atomic E-state index is 0.228. The predicted molar refractivity (Wildman–Crippen MR) is 61.2 cm³/mol. The number of carbonyl (C=O) groups excluding carboxylic acids is 1. The smallest absolute Gasteiger partial charge is 0.230 e. The summed E-state index contributed by atoms with van der Waals surface area (Å²) >= 11 is 1.83. The topological polar surface area (TPSA) is 29.5 Å². The Morgan fingerprint density at radius 3 is 3.27 bits per heavy atom. The number of rotatable bonds is 4. The van der Waals surface area contributed by atoms with Gasteiger partial charge in [-0.05, 0) is 12.5 Å². The molecule has 1 fully saturated rings. The van der Waals surface area contributed by atoms with Crippen LogP contribution in [-0.2, 0) is 9.53 Å². The Morgan fingerprint density at radius 2 is 2.60 bits per heavy atom. The molecule has 3 nitrogen and oxygen atoms in total. The van der Waals surface area contributed by atoms with Gasteiger partial charge < -0.3 is 9.64 Å². The summed E-state index contributed by atoms with van der Waals surface area (Å²) in [6.07, 6.45) is 3.41. The lowest BCUT2D eigenvalue weighted by Crippen LogP contribution is -2.49. The van der Waals surface area contributed by atoms with Gasteiger partial charge in [0.1, 0.15) is 0 Å². The first-order valence-corrected chi connectivity index (χ1v) is 6.18. The normalized spacial score (nSPS) is 24.1. The summed E-state index contributed by atoms with van der Waals surface area (Å²) in [4.78, 5) is 13.1. The third kappa shape index (κ3) is 2.20. The standard InChI is InChI=1S/C11H15NO2S/c1-3-14-8(2)4-9-6-12-10(13)5-11(12)15-7-9/h6,11H,2-5,7H2,1H3/t11-/m0/s1. The molecule has 0 unspecified atom stereocenters. The number of thioether (sulfide) groups is 1. The monoisotopic (exact) mass is 225 g/mol. The lowest BCUT2D eigenvalue weighted by atomic mass is 10.1. The summed E-state index contributed by atoms with van der Waals surface area (Å²) in [5.41, 5.74) is 1.22. The molecule has 2 heterocycles. The average Bonchev–Trinajstić information content (AvgIpc) is 2.19. The molecule has 2 aliphatic rings. The van der Waals surface area contributed by atoms with E-state index in [9.17, 15) is 4.79 Å². The Bertz CT molecular complexity index is 325. The van der Waals surface area contributed by atoms with Crippen LogP contribution >= 0.6 is 11.8 Å². The fourth-order valence-electron chi connectivity index (χ4n) is 1.74. The van der Waals surface area contributed by atoms with Crippen molar-refractivity contribution < 1.29 is 9.53 Å². The van der Waals surface area contributed by atoms with Crippen LogP contribution in [0.1, 0.15) is 19.8 Å². The molecule has 0 N–H and O–H groups in total. The predicted octanol–water partition coefficient (Wildman–Crippen LogP) is 2.12. The minimum absolute atomic E-state index is 0.228. The van der Waals surface area contributed by atoms with Crippen molar-refractivity contribution in [1.29, 1.82) is 0 Å². The van der Waals surface area contributed by atoms with E-state index in [0.29, 0.717) is 18.4 Å². The van der Waals surface area contributed by atoms with Crippen LogP contribution in [-0.4, -0.2) is 28.5 Å². The SMILES string of the molecule is C=C(CC1=CN2C(=O)C[C@@H]2SC1)OCC. The van der Waals surface area contributed by atoms with E-state index < -0.39 is 0 Å². The van der Waals surface area contributed by atoms with Gasteiger partial charge in [0.05, 0.1) is 24.2 Å². The first kappa shape index (κ1) is 10.6. The van der Waals surface area contributed by atoms with Crippen LogP contribution in [0.4, 0.5) is 0 Å².